The fourth-order valence-corrected chi connectivity index (χ4v) is 8.28. The van der Waals surface area contributed by atoms with Crippen LogP contribution in [0.25, 0.3) is 0 Å². The van der Waals surface area contributed by atoms with E-state index in [-0.39, 0.29) is 18.5 Å². The summed E-state index contributed by atoms with van der Waals surface area (Å²) in [7, 11) is 0. The third-order valence-corrected chi connectivity index (χ3v) is 12.5. The quantitative estimate of drug-likeness (QED) is 0.0322. The molecule has 0 rings (SSSR count). The number of unbranched alkanes of at least 4 members (excludes halogenated alkanes) is 35. The van der Waals surface area contributed by atoms with Crippen molar-refractivity contribution in [2.24, 2.45) is 0 Å². The van der Waals surface area contributed by atoms with Crippen molar-refractivity contribution in [1.82, 2.24) is 5.32 Å². The second-order valence-electron chi connectivity index (χ2n) is 18.6. The number of carbonyl (C=O) groups is 2. The Labute approximate surface area is 380 Å². The Kier molecular flexibility index (Phi) is 49.6. The first-order chi connectivity index (χ1) is 30.0. The Bertz CT molecular complexity index is 951. The fourth-order valence-electron chi connectivity index (χ4n) is 8.28. The van der Waals surface area contributed by atoms with Gasteiger partial charge in [0.25, 0.3) is 0 Å². The molecule has 6 heteroatoms. The average Bonchev–Trinajstić information content (AvgIpc) is 3.26. The Morgan fingerprint density at radius 2 is 0.770 bits per heavy atom. The van der Waals surface area contributed by atoms with Crippen LogP contribution in [0.15, 0.2) is 24.3 Å². The summed E-state index contributed by atoms with van der Waals surface area (Å²) in [6.07, 6.45) is 60.1. The van der Waals surface area contributed by atoms with E-state index in [4.69, 9.17) is 4.74 Å². The molecule has 0 saturated carbocycles. The number of aliphatic hydroxyl groups excluding tert-OH is 2. The summed E-state index contributed by atoms with van der Waals surface area (Å²) in [4.78, 5) is 24.5. The van der Waals surface area contributed by atoms with Crippen molar-refractivity contribution in [2.75, 3.05) is 13.2 Å². The topological polar surface area (TPSA) is 95.9 Å². The molecular formula is C55H105NO5. The highest BCUT2D eigenvalue weighted by Gasteiger charge is 2.20. The van der Waals surface area contributed by atoms with Gasteiger partial charge in [0.1, 0.15) is 0 Å². The number of rotatable bonds is 50. The van der Waals surface area contributed by atoms with Gasteiger partial charge in [0.2, 0.25) is 5.91 Å². The lowest BCUT2D eigenvalue weighted by atomic mass is 10.0. The summed E-state index contributed by atoms with van der Waals surface area (Å²) in [5, 5.41) is 23.2. The molecule has 0 aliphatic carbocycles. The summed E-state index contributed by atoms with van der Waals surface area (Å²) >= 11 is 0. The van der Waals surface area contributed by atoms with Gasteiger partial charge in [0, 0.05) is 12.8 Å². The van der Waals surface area contributed by atoms with Crippen LogP contribution in [0.4, 0.5) is 0 Å². The third-order valence-electron chi connectivity index (χ3n) is 12.5. The van der Waals surface area contributed by atoms with Gasteiger partial charge < -0.3 is 20.3 Å². The molecule has 61 heavy (non-hydrogen) atoms. The largest absolute Gasteiger partial charge is 0.466 e. The number of hydrogen-bond acceptors (Lipinski definition) is 5. The maximum atomic E-state index is 12.5. The number of amides is 1. The molecule has 0 aromatic rings. The van der Waals surface area contributed by atoms with Crippen LogP contribution in [-0.4, -0.2) is 47.4 Å². The minimum absolute atomic E-state index is 0.0192. The van der Waals surface area contributed by atoms with Gasteiger partial charge in [-0.3, -0.25) is 9.59 Å². The molecule has 0 radical (unpaired) electrons. The van der Waals surface area contributed by atoms with Gasteiger partial charge in [-0.2, -0.15) is 0 Å². The number of carbonyl (C=O) groups excluding carboxylic acids is 2. The number of ether oxygens (including phenoxy) is 1. The first-order valence-corrected chi connectivity index (χ1v) is 27.1. The molecular weight excluding hydrogens is 755 g/mol. The first kappa shape index (κ1) is 59.3. The zero-order chi connectivity index (χ0) is 44.4. The lowest BCUT2D eigenvalue weighted by Gasteiger charge is -2.22. The Morgan fingerprint density at radius 1 is 0.443 bits per heavy atom. The molecule has 0 saturated heterocycles. The first-order valence-electron chi connectivity index (χ1n) is 27.1. The number of esters is 1. The SMILES string of the molecule is CCCCCC/C=C\CCCCCCCC(=O)OCCCCCC/C=C\CCCCCCCCCC(=O)NC(CO)C(O)CCCCCCCCCCCCCCCCCC. The van der Waals surface area contributed by atoms with E-state index in [9.17, 15) is 19.8 Å². The van der Waals surface area contributed by atoms with Crippen LogP contribution in [0.1, 0.15) is 290 Å². The normalized spacial score (nSPS) is 12.8. The van der Waals surface area contributed by atoms with Crippen LogP contribution in [-0.2, 0) is 14.3 Å². The fraction of sp³-hybridized carbons (Fsp3) is 0.891. The van der Waals surface area contributed by atoms with E-state index in [1.807, 2.05) is 0 Å². The lowest BCUT2D eigenvalue weighted by Crippen LogP contribution is -2.45. The number of nitrogens with one attached hydrogen (secondary N) is 1. The average molecular weight is 860 g/mol. The van der Waals surface area contributed by atoms with Crippen molar-refractivity contribution in [3.8, 4) is 0 Å². The van der Waals surface area contributed by atoms with Crippen LogP contribution in [0.3, 0.4) is 0 Å². The van der Waals surface area contributed by atoms with E-state index in [1.54, 1.807) is 0 Å². The maximum Gasteiger partial charge on any atom is 0.305 e. The Hall–Kier alpha value is -1.66. The molecule has 0 aromatic carbocycles. The molecule has 0 bridgehead atoms. The summed E-state index contributed by atoms with van der Waals surface area (Å²) in [5.74, 6) is -0.0687. The zero-order valence-electron chi connectivity index (χ0n) is 40.9. The molecule has 0 aliphatic rings. The van der Waals surface area contributed by atoms with Gasteiger partial charge in [-0.05, 0) is 77.0 Å². The van der Waals surface area contributed by atoms with Crippen molar-refractivity contribution >= 4 is 11.9 Å². The van der Waals surface area contributed by atoms with Gasteiger partial charge in [0.15, 0.2) is 0 Å². The molecule has 6 nitrogen and oxygen atoms in total. The molecule has 0 aliphatic heterocycles. The smallest absolute Gasteiger partial charge is 0.305 e. The molecule has 0 heterocycles. The summed E-state index contributed by atoms with van der Waals surface area (Å²) < 4.78 is 5.44. The van der Waals surface area contributed by atoms with E-state index in [0.29, 0.717) is 25.9 Å². The van der Waals surface area contributed by atoms with Gasteiger partial charge in [-0.25, -0.2) is 0 Å². The van der Waals surface area contributed by atoms with Crippen molar-refractivity contribution in [3.05, 3.63) is 24.3 Å². The van der Waals surface area contributed by atoms with Gasteiger partial charge in [-0.1, -0.05) is 224 Å². The van der Waals surface area contributed by atoms with Crippen molar-refractivity contribution < 1.29 is 24.5 Å². The van der Waals surface area contributed by atoms with Gasteiger partial charge >= 0.3 is 5.97 Å². The van der Waals surface area contributed by atoms with Crippen molar-refractivity contribution in [3.63, 3.8) is 0 Å². The molecule has 3 N–H and O–H groups in total. The predicted molar refractivity (Wildman–Crippen MR) is 264 cm³/mol. The highest BCUT2D eigenvalue weighted by Crippen LogP contribution is 2.16. The zero-order valence-corrected chi connectivity index (χ0v) is 40.9. The Morgan fingerprint density at radius 3 is 1.18 bits per heavy atom. The predicted octanol–water partition coefficient (Wildman–Crippen LogP) is 16.3. The minimum Gasteiger partial charge on any atom is -0.466 e. The Balaban J connectivity index is 3.48. The van der Waals surface area contributed by atoms with E-state index < -0.39 is 12.1 Å². The number of aliphatic hydroxyl groups is 2. The monoisotopic (exact) mass is 860 g/mol. The second-order valence-corrected chi connectivity index (χ2v) is 18.6. The van der Waals surface area contributed by atoms with E-state index in [0.717, 1.165) is 70.6 Å². The van der Waals surface area contributed by atoms with E-state index in [2.05, 4.69) is 43.5 Å². The van der Waals surface area contributed by atoms with Crippen LogP contribution >= 0.6 is 0 Å². The highest BCUT2D eigenvalue weighted by molar-refractivity contribution is 5.76. The number of hydrogen-bond donors (Lipinski definition) is 3. The molecule has 2 atom stereocenters. The van der Waals surface area contributed by atoms with Crippen LogP contribution < -0.4 is 5.32 Å². The number of allylic oxidation sites excluding steroid dienone is 4. The minimum atomic E-state index is -0.674. The summed E-state index contributed by atoms with van der Waals surface area (Å²) in [6.45, 7) is 4.90. The second kappa shape index (κ2) is 51.0. The van der Waals surface area contributed by atoms with Gasteiger partial charge in [0.05, 0.1) is 25.4 Å². The highest BCUT2D eigenvalue weighted by atomic mass is 16.5. The third kappa shape index (κ3) is 47.7. The lowest BCUT2D eigenvalue weighted by molar-refractivity contribution is -0.143. The molecule has 360 valence electrons. The molecule has 0 fully saturated rings. The van der Waals surface area contributed by atoms with Gasteiger partial charge in [-0.15, -0.1) is 0 Å². The van der Waals surface area contributed by atoms with Crippen molar-refractivity contribution in [1.29, 1.82) is 0 Å². The van der Waals surface area contributed by atoms with E-state index in [1.165, 1.54) is 186 Å². The molecule has 1 amide bonds. The van der Waals surface area contributed by atoms with Crippen LogP contribution in [0.2, 0.25) is 0 Å². The van der Waals surface area contributed by atoms with Crippen LogP contribution in [0.5, 0.6) is 0 Å². The van der Waals surface area contributed by atoms with Crippen LogP contribution in [0, 0.1) is 0 Å². The maximum absolute atomic E-state index is 12.5. The summed E-state index contributed by atoms with van der Waals surface area (Å²) in [6, 6.07) is -0.553. The van der Waals surface area contributed by atoms with Crippen molar-refractivity contribution in [2.45, 2.75) is 302 Å². The standard InChI is InChI=1S/C55H105NO5/c1-3-5-7-9-11-13-15-17-18-20-24-27-31-35-39-43-47-53(58)52(51-57)56-54(59)48-44-40-36-32-28-25-21-19-22-26-30-34-38-42-46-50-61-55(60)49-45-41-37-33-29-23-16-14-12-10-8-6-4-2/h14,16,22,26,52-53,57-58H,3-13,15,17-21,23-25,27-51H2,1-2H3,(H,56,59)/b16-14-,26-22-. The molecule has 0 aromatic heterocycles. The summed E-state index contributed by atoms with van der Waals surface area (Å²) in [5.41, 5.74) is 0. The molecule has 0 spiro atoms. The van der Waals surface area contributed by atoms with E-state index >= 15 is 0 Å². The molecule has 2 unspecified atom stereocenters.